The van der Waals surface area contributed by atoms with Crippen LogP contribution in [-0.4, -0.2) is 133 Å². The quantitative estimate of drug-likeness (QED) is 0.0995. The van der Waals surface area contributed by atoms with Gasteiger partial charge in [-0.2, -0.15) is 0 Å². The van der Waals surface area contributed by atoms with E-state index in [1.807, 2.05) is 6.92 Å². The summed E-state index contributed by atoms with van der Waals surface area (Å²) in [5.74, 6) is -2.34. The van der Waals surface area contributed by atoms with Crippen molar-refractivity contribution in [2.75, 3.05) is 6.61 Å². The zero-order valence-corrected chi connectivity index (χ0v) is 34.0. The fourth-order valence-electron chi connectivity index (χ4n) is 13.5. The Bertz CT molecular complexity index is 1620. The number of carboxylic acids is 2. The molecule has 8 unspecified atom stereocenters. The summed E-state index contributed by atoms with van der Waals surface area (Å²) >= 11 is 0. The summed E-state index contributed by atoms with van der Waals surface area (Å²) in [5, 5.41) is 83.7. The second kappa shape index (κ2) is 14.6. The van der Waals surface area contributed by atoms with E-state index in [4.69, 9.17) is 18.9 Å². The van der Waals surface area contributed by atoms with E-state index in [9.17, 15) is 55.2 Å². The molecule has 15 heteroatoms. The number of carboxylic acid groups (broad SMARTS) is 2. The molecule has 7 rings (SSSR count). The van der Waals surface area contributed by atoms with Crippen LogP contribution in [0.25, 0.3) is 0 Å². The number of ether oxygens (including phenoxy) is 4. The molecular formula is C42H64O15. The number of hydrogen-bond donors (Lipinski definition) is 8. The van der Waals surface area contributed by atoms with Crippen molar-refractivity contribution >= 4 is 18.2 Å². The number of aliphatic hydroxyl groups is 6. The van der Waals surface area contributed by atoms with Gasteiger partial charge in [0.2, 0.25) is 0 Å². The molecule has 19 atom stereocenters. The molecule has 6 fully saturated rings. The second-order valence-electron chi connectivity index (χ2n) is 20.4. The zero-order valence-electron chi connectivity index (χ0n) is 34.0. The highest BCUT2D eigenvalue weighted by molar-refractivity contribution is 5.76. The number of carbonyl (C=O) groups is 3. The third-order valence-corrected chi connectivity index (χ3v) is 17.2. The van der Waals surface area contributed by atoms with E-state index in [-0.39, 0.29) is 39.4 Å². The first-order chi connectivity index (χ1) is 26.5. The fourth-order valence-corrected chi connectivity index (χ4v) is 13.5. The van der Waals surface area contributed by atoms with Gasteiger partial charge in [0.15, 0.2) is 18.7 Å². The first-order valence-electron chi connectivity index (χ1n) is 20.8. The Morgan fingerprint density at radius 1 is 0.789 bits per heavy atom. The van der Waals surface area contributed by atoms with Crippen LogP contribution < -0.4 is 0 Å². The average Bonchev–Trinajstić information content (AvgIpc) is 3.15. The Balaban J connectivity index is 1.18. The third-order valence-electron chi connectivity index (χ3n) is 17.2. The molecule has 0 aromatic carbocycles. The molecule has 4 saturated carbocycles. The van der Waals surface area contributed by atoms with Crippen LogP contribution >= 0.6 is 0 Å². The molecule has 0 aromatic rings. The summed E-state index contributed by atoms with van der Waals surface area (Å²) in [5.41, 5.74) is -1.32. The predicted molar refractivity (Wildman–Crippen MR) is 199 cm³/mol. The van der Waals surface area contributed by atoms with Gasteiger partial charge in [0.05, 0.1) is 23.5 Å². The van der Waals surface area contributed by atoms with Gasteiger partial charge in [0.1, 0.15) is 49.0 Å². The molecule has 0 spiro atoms. The lowest BCUT2D eigenvalue weighted by Gasteiger charge is -2.71. The summed E-state index contributed by atoms with van der Waals surface area (Å²) in [4.78, 5) is 38.8. The first kappa shape index (κ1) is 43.1. The van der Waals surface area contributed by atoms with Crippen LogP contribution in [0.1, 0.15) is 106 Å². The standard InChI is InChI=1S/C42H64O15/c1-37(2)13-15-42(36(52)53)16-14-40(5)20(21(42)17-37)7-8-24-38(3)11-10-25(39(4,19-44)23(38)9-12-41(24,40)6)55-35-32(29(48)28(47)31(56-35)33(50)51)57-34-30(49)27(46)26(45)22(18-43)54-34/h7,19,21-32,34-35,43,45-49H,8-18H2,1-6H3,(H,50,51)(H,52,53)/t21?,22-,23?,24?,25?,26+,27-,28+,29-,30-,31+,32-,34+,35-,38?,39?,40-,41?,42?/m1/s1. The van der Waals surface area contributed by atoms with Crippen LogP contribution in [-0.2, 0) is 33.3 Å². The van der Waals surface area contributed by atoms with E-state index < -0.39 is 96.9 Å². The number of allylic oxidation sites excluding steroid dienone is 2. The van der Waals surface area contributed by atoms with Gasteiger partial charge in [-0.3, -0.25) is 4.79 Å². The SMILES string of the molecule is CC1(C)CCC2(C(=O)O)CC[C@]3(C)C(=CCC4C5(C)CCC(O[C@@H]6O[C@H](C(=O)O)[C@@H](O)[C@@H](O)[C@H]6O[C@@H]6O[C@H](CO)[C@H](O)[C@@H](O)[C@H]6O)C(C)(C=O)C5CCC43C)C2C1. The molecule has 0 aromatic heterocycles. The van der Waals surface area contributed by atoms with E-state index in [2.05, 4.69) is 40.7 Å². The number of rotatable bonds is 8. The van der Waals surface area contributed by atoms with Gasteiger partial charge in [0.25, 0.3) is 0 Å². The molecule has 15 nitrogen and oxygen atoms in total. The zero-order chi connectivity index (χ0) is 41.8. The number of aliphatic carboxylic acids is 2. The van der Waals surface area contributed by atoms with Crippen molar-refractivity contribution in [1.29, 1.82) is 0 Å². The number of aliphatic hydroxyl groups excluding tert-OH is 6. The molecule has 57 heavy (non-hydrogen) atoms. The minimum atomic E-state index is -2.01. The van der Waals surface area contributed by atoms with E-state index in [1.54, 1.807) is 0 Å². The monoisotopic (exact) mass is 808 g/mol. The molecule has 0 bridgehead atoms. The molecule has 8 N–H and O–H groups in total. The highest BCUT2D eigenvalue weighted by Gasteiger charge is 2.70. The van der Waals surface area contributed by atoms with Crippen molar-refractivity contribution in [3.05, 3.63) is 11.6 Å². The Morgan fingerprint density at radius 3 is 2.11 bits per heavy atom. The van der Waals surface area contributed by atoms with Crippen LogP contribution in [0.3, 0.4) is 0 Å². The normalized spacial score (nSPS) is 53.2. The Labute approximate surface area is 333 Å². The van der Waals surface area contributed by atoms with Crippen molar-refractivity contribution in [2.45, 2.75) is 173 Å². The summed E-state index contributed by atoms with van der Waals surface area (Å²) in [6.07, 6.45) is -8.40. The first-order valence-corrected chi connectivity index (χ1v) is 20.8. The number of fused-ring (bicyclic) bond motifs is 7. The summed E-state index contributed by atoms with van der Waals surface area (Å²) < 4.78 is 23.6. The Hall–Kier alpha value is -2.05. The van der Waals surface area contributed by atoms with Crippen LogP contribution in [0.5, 0.6) is 0 Å². The second-order valence-corrected chi connectivity index (χ2v) is 20.4. The van der Waals surface area contributed by atoms with Crippen LogP contribution in [0, 0.1) is 50.2 Å². The molecule has 0 radical (unpaired) electrons. The van der Waals surface area contributed by atoms with E-state index in [1.165, 1.54) is 5.57 Å². The molecule has 2 aliphatic heterocycles. The van der Waals surface area contributed by atoms with E-state index in [0.717, 1.165) is 38.4 Å². The van der Waals surface area contributed by atoms with Crippen LogP contribution in [0.2, 0.25) is 0 Å². The van der Waals surface area contributed by atoms with Crippen LogP contribution in [0.4, 0.5) is 0 Å². The topological polar surface area (TPSA) is 250 Å². The van der Waals surface area contributed by atoms with Gasteiger partial charge in [-0.1, -0.05) is 53.2 Å². The lowest BCUT2D eigenvalue weighted by Crippen LogP contribution is -2.67. The lowest BCUT2D eigenvalue weighted by molar-refractivity contribution is -0.373. The van der Waals surface area contributed by atoms with Crippen molar-refractivity contribution in [2.24, 2.45) is 50.2 Å². The van der Waals surface area contributed by atoms with Gasteiger partial charge >= 0.3 is 11.9 Å². The van der Waals surface area contributed by atoms with Gasteiger partial charge in [-0.05, 0) is 104 Å². The van der Waals surface area contributed by atoms with Crippen LogP contribution in [0.15, 0.2) is 11.6 Å². The van der Waals surface area contributed by atoms with Crippen molar-refractivity contribution in [1.82, 2.24) is 0 Å². The van der Waals surface area contributed by atoms with Gasteiger partial charge in [-0.15, -0.1) is 0 Å². The van der Waals surface area contributed by atoms with Crippen molar-refractivity contribution < 1.29 is 74.2 Å². The molecule has 5 aliphatic carbocycles. The maximum absolute atomic E-state index is 13.5. The van der Waals surface area contributed by atoms with Gasteiger partial charge < -0.3 is 64.6 Å². The highest BCUT2D eigenvalue weighted by atomic mass is 16.8. The highest BCUT2D eigenvalue weighted by Crippen LogP contribution is 2.76. The molecule has 322 valence electrons. The molecule has 2 heterocycles. The van der Waals surface area contributed by atoms with E-state index in [0.29, 0.717) is 32.1 Å². The number of aldehydes is 1. The minimum absolute atomic E-state index is 0.0355. The molecule has 0 amide bonds. The molecule has 7 aliphatic rings. The smallest absolute Gasteiger partial charge is 0.335 e. The van der Waals surface area contributed by atoms with E-state index >= 15 is 0 Å². The van der Waals surface area contributed by atoms with Gasteiger partial charge in [-0.25, -0.2) is 4.79 Å². The fraction of sp³-hybridized carbons (Fsp3) is 0.881. The summed E-state index contributed by atoms with van der Waals surface area (Å²) in [6.45, 7) is 12.6. The number of hydrogen-bond acceptors (Lipinski definition) is 13. The van der Waals surface area contributed by atoms with Gasteiger partial charge in [0, 0.05) is 0 Å². The summed E-state index contributed by atoms with van der Waals surface area (Å²) in [7, 11) is 0. The predicted octanol–water partition coefficient (Wildman–Crippen LogP) is 2.15. The molecular weight excluding hydrogens is 744 g/mol. The minimum Gasteiger partial charge on any atom is -0.481 e. The number of carbonyl (C=O) groups excluding carboxylic acids is 1. The third kappa shape index (κ3) is 6.31. The lowest BCUT2D eigenvalue weighted by atomic mass is 9.33. The Morgan fingerprint density at radius 2 is 1.47 bits per heavy atom. The Kier molecular flexibility index (Phi) is 11.0. The maximum atomic E-state index is 13.5. The maximum Gasteiger partial charge on any atom is 0.335 e. The van der Waals surface area contributed by atoms with Crippen molar-refractivity contribution in [3.8, 4) is 0 Å². The average molecular weight is 809 g/mol. The largest absolute Gasteiger partial charge is 0.481 e. The summed E-state index contributed by atoms with van der Waals surface area (Å²) in [6, 6.07) is 0. The molecule has 2 saturated heterocycles. The van der Waals surface area contributed by atoms with Crippen molar-refractivity contribution in [3.63, 3.8) is 0 Å².